The number of fused-ring (bicyclic) bond motifs is 18. The van der Waals surface area contributed by atoms with Crippen LogP contribution in [0.5, 0.6) is 0 Å². The molecule has 21 aromatic rings. The zero-order valence-electron chi connectivity index (χ0n) is 57.4. The number of hydrogen-bond acceptors (Lipinski definition) is 6. The number of aryl methyl sites for hydroxylation is 2. The van der Waals surface area contributed by atoms with Crippen LogP contribution in [-0.2, 0) is 20.4 Å². The summed E-state index contributed by atoms with van der Waals surface area (Å²) in [6, 6.07) is 93.8. The molecule has 12 heterocycles. The number of para-hydroxylation sites is 2. The van der Waals surface area contributed by atoms with Crippen LogP contribution < -0.4 is 0 Å². The molecule has 16 heteroatoms. The number of rotatable bonds is 6. The number of benzene rings is 9. The van der Waals surface area contributed by atoms with E-state index in [2.05, 4.69) is 314 Å². The second-order valence-electron chi connectivity index (χ2n) is 25.2. The van der Waals surface area contributed by atoms with E-state index in [1.807, 2.05) is 73.6 Å². The van der Waals surface area contributed by atoms with Gasteiger partial charge in [-0.2, -0.15) is 0 Å². The third kappa shape index (κ3) is 11.1. The summed E-state index contributed by atoms with van der Waals surface area (Å²) in [5.41, 5.74) is 28.7. The van der Waals surface area contributed by atoms with Crippen molar-refractivity contribution in [2.75, 3.05) is 7.15 Å². The summed E-state index contributed by atoms with van der Waals surface area (Å²) in [5.74, 6) is 0. The second kappa shape index (κ2) is 27.5. The van der Waals surface area contributed by atoms with Crippen molar-refractivity contribution in [1.29, 1.82) is 0 Å². The van der Waals surface area contributed by atoms with Crippen LogP contribution in [0.25, 0.3) is 166 Å². The van der Waals surface area contributed by atoms with Crippen LogP contribution in [0, 0.1) is 21.3 Å². The van der Waals surface area contributed by atoms with E-state index in [-0.39, 0.29) is 27.8 Å². The summed E-state index contributed by atoms with van der Waals surface area (Å²) in [5, 5.41) is 6.93. The number of aromatic nitrogens is 12. The number of hydrogen-bond donors (Lipinski definition) is 0. The molecule has 0 saturated carbocycles. The molecule has 0 unspecified atom stereocenters. The molecule has 0 N–H and O–H groups in total. The summed E-state index contributed by atoms with van der Waals surface area (Å²) in [6.45, 7) is 4.26. The molecule has 506 valence electrons. The van der Waals surface area contributed by atoms with Gasteiger partial charge in [-0.25, -0.2) is 0 Å². The monoisotopic (exact) mass is 1570 g/mol. The summed E-state index contributed by atoms with van der Waals surface area (Å²) < 4.78 is 31.4. The van der Waals surface area contributed by atoms with Gasteiger partial charge in [-0.1, -0.05) is 110 Å². The fraction of sp³-hybridized carbons (Fsp3) is 0.0341. The van der Waals surface area contributed by atoms with Gasteiger partial charge in [0.05, 0.1) is 108 Å². The van der Waals surface area contributed by atoms with Crippen LogP contribution >= 0.6 is 31.9 Å². The fourth-order valence-corrected chi connectivity index (χ4v) is 15.8. The molecule has 0 radical (unpaired) electrons. The Morgan fingerprint density at radius 2 is 0.481 bits per heavy atom. The Kier molecular flexibility index (Phi) is 17.4. The summed E-state index contributed by atoms with van der Waals surface area (Å²) in [7, 11) is -1.00. The van der Waals surface area contributed by atoms with E-state index in [4.69, 9.17) is 21.3 Å². The van der Waals surface area contributed by atoms with E-state index in [9.17, 15) is 4.39 Å². The van der Waals surface area contributed by atoms with E-state index >= 15 is 0 Å². The maximum absolute atomic E-state index is 9.96. The first-order valence-electron chi connectivity index (χ1n) is 34.1. The van der Waals surface area contributed by atoms with Crippen molar-refractivity contribution in [2.24, 2.45) is 0 Å². The summed E-state index contributed by atoms with van der Waals surface area (Å²) >= 11 is 7.25. The molecule has 21 rings (SSSR count). The van der Waals surface area contributed by atoms with Crippen molar-refractivity contribution in [1.82, 2.24) is 57.3 Å². The van der Waals surface area contributed by atoms with E-state index in [1.54, 1.807) is 0 Å². The van der Waals surface area contributed by atoms with Crippen molar-refractivity contribution in [3.05, 3.63) is 332 Å². The number of halogens is 3. The van der Waals surface area contributed by atoms with Crippen LogP contribution in [0.2, 0.25) is 0 Å². The Morgan fingerprint density at radius 1 is 0.260 bits per heavy atom. The Morgan fingerprint density at radius 3 is 0.760 bits per heavy atom. The van der Waals surface area contributed by atoms with Crippen molar-refractivity contribution in [3.8, 4) is 34.1 Å². The van der Waals surface area contributed by atoms with Crippen molar-refractivity contribution in [3.63, 3.8) is 0 Å². The van der Waals surface area contributed by atoms with Gasteiger partial charge < -0.3 is 34.8 Å². The van der Waals surface area contributed by atoms with Gasteiger partial charge in [0.25, 0.3) is 0 Å². The normalized spacial score (nSPS) is 11.5. The van der Waals surface area contributed by atoms with E-state index < -0.39 is 7.15 Å². The molecular formula is C88H62Br2FN12Pd-. The SMILES string of the molecule is Brc1ccc2c(c1)c1ncccc1n2-c1cccc(-n2c3ccc(Br)cc3c3ncccc32)c1.Cc1ccc2c(c1)c1ncccc1n2-c1cccc(-n2c3ccc(C)cc3c3ncccc32)c1.[2H]CF.[CH3-].[Pd].c1cc(-n2c3ccccc3c3ncccc32)cc(-n2c3ccccc3c3ncccc32)c1. The third-order valence-electron chi connectivity index (χ3n) is 19.2. The predicted octanol–water partition coefficient (Wildman–Crippen LogP) is 23.2. The Hall–Kier alpha value is -11.8. The number of nitrogens with zero attached hydrogens (tertiary/aromatic N) is 12. The zero-order valence-corrected chi connectivity index (χ0v) is 61.1. The fourth-order valence-electron chi connectivity index (χ4n) is 15.1. The molecule has 12 aromatic heterocycles. The van der Waals surface area contributed by atoms with Gasteiger partial charge in [0, 0.05) is 133 Å². The zero-order chi connectivity index (χ0) is 69.4. The molecule has 0 amide bonds. The van der Waals surface area contributed by atoms with Crippen LogP contribution in [0.4, 0.5) is 4.39 Å². The maximum Gasteiger partial charge on any atom is 0.0963 e. The Bertz CT molecular complexity index is 6150. The molecule has 104 heavy (non-hydrogen) atoms. The standard InChI is InChI=1S/C30H22N4.C28H16Br2N4.C28H18N4.CH3F.CH3.Pd/c1-19-10-12-25-23(16-19)29-27(8-4-14-31-29)33(25)21-6-3-7-22(18-21)34-26-13-11-20(2)17-24(26)30-28(34)9-5-15-32-30;29-17-8-10-23-21(14-17)27-25(6-2-12-31-27)33(23)19-4-1-5-20(16-19)34-24-11-9-18(30)15-22(24)28-26(34)7-3-13-32-28;1-3-12-23-21(10-1)27-25(14-6-16-29-27)31(23)19-8-5-9-20(18-19)32-24-13-4-2-11-22(24)28-26(32)15-7-17-30-28;1-2;;/h3-18H,1-2H3;1-16H;1-18H;1H3;1H3;/q;;;;-1;/i;;;1D;;. The molecule has 0 aliphatic rings. The molecule has 0 aliphatic heterocycles. The van der Waals surface area contributed by atoms with E-state index in [0.29, 0.717) is 0 Å². The minimum absolute atomic E-state index is 0. The van der Waals surface area contributed by atoms with E-state index in [0.717, 1.165) is 164 Å². The molecule has 0 bridgehead atoms. The van der Waals surface area contributed by atoms with Gasteiger partial charge in [0.2, 0.25) is 0 Å². The van der Waals surface area contributed by atoms with Crippen LogP contribution in [0.3, 0.4) is 0 Å². The average molecular weight is 1570 g/mol. The van der Waals surface area contributed by atoms with Crippen molar-refractivity contribution in [2.45, 2.75) is 13.8 Å². The molecule has 0 atom stereocenters. The topological polar surface area (TPSA) is 107 Å². The minimum Gasteiger partial charge on any atom is -0.358 e. The molecule has 0 fully saturated rings. The van der Waals surface area contributed by atoms with Crippen LogP contribution in [0.1, 0.15) is 12.5 Å². The molecule has 9 aromatic carbocycles. The van der Waals surface area contributed by atoms with Crippen molar-refractivity contribution >= 4 is 163 Å². The average Bonchev–Trinajstić information content (AvgIpc) is 1.60. The van der Waals surface area contributed by atoms with Crippen molar-refractivity contribution < 1.29 is 26.2 Å². The smallest absolute Gasteiger partial charge is 0.0963 e. The molecular weight excluding hydrogens is 1510 g/mol. The Balaban J connectivity index is 0.000000118. The predicted molar refractivity (Wildman–Crippen MR) is 430 cm³/mol. The van der Waals surface area contributed by atoms with Gasteiger partial charge >= 0.3 is 0 Å². The van der Waals surface area contributed by atoms with Crippen LogP contribution in [-0.4, -0.2) is 64.5 Å². The van der Waals surface area contributed by atoms with Gasteiger partial charge in [-0.15, -0.1) is 0 Å². The Labute approximate surface area is 628 Å². The second-order valence-corrected chi connectivity index (χ2v) is 27.0. The van der Waals surface area contributed by atoms with Gasteiger partial charge in [0.15, 0.2) is 0 Å². The number of alkyl halides is 1. The maximum atomic E-state index is 9.96. The minimum atomic E-state index is -1.00. The molecule has 12 nitrogen and oxygen atoms in total. The van der Waals surface area contributed by atoms with Gasteiger partial charge in [0.1, 0.15) is 0 Å². The van der Waals surface area contributed by atoms with Gasteiger partial charge in [-0.05, 0) is 214 Å². The summed E-state index contributed by atoms with van der Waals surface area (Å²) in [4.78, 5) is 28.2. The molecule has 0 aliphatic carbocycles. The largest absolute Gasteiger partial charge is 0.358 e. The third-order valence-corrected chi connectivity index (χ3v) is 20.2. The molecule has 0 spiro atoms. The first-order chi connectivity index (χ1) is 50.7. The molecule has 0 saturated heterocycles. The quantitative estimate of drug-likeness (QED) is 0.121. The van der Waals surface area contributed by atoms with Crippen LogP contribution in [0.15, 0.2) is 313 Å². The first-order valence-corrected chi connectivity index (χ1v) is 34.9. The first kappa shape index (κ1) is 65.5. The summed E-state index contributed by atoms with van der Waals surface area (Å²) in [6.07, 6.45) is 11.2. The van der Waals surface area contributed by atoms with E-state index in [1.165, 1.54) is 21.9 Å². The van der Waals surface area contributed by atoms with Gasteiger partial charge in [-0.3, -0.25) is 34.3 Å². The number of pyridine rings is 6.